The van der Waals surface area contributed by atoms with Gasteiger partial charge in [0.05, 0.1) is 5.69 Å². The molecule has 0 spiro atoms. The third-order valence-corrected chi connectivity index (χ3v) is 3.14. The minimum absolute atomic E-state index is 0.00783. The van der Waals surface area contributed by atoms with Crippen molar-refractivity contribution in [3.8, 4) is 5.75 Å². The number of benzene rings is 2. The quantitative estimate of drug-likeness (QED) is 0.584. The zero-order valence-electron chi connectivity index (χ0n) is 12.7. The summed E-state index contributed by atoms with van der Waals surface area (Å²) in [5.41, 5.74) is 4.89. The molecule has 1 amide bonds. The minimum atomic E-state index is -0.967. The van der Waals surface area contributed by atoms with Crippen molar-refractivity contribution in [2.24, 2.45) is 0 Å². The van der Waals surface area contributed by atoms with Crippen LogP contribution in [0.5, 0.6) is 5.75 Å². The highest BCUT2D eigenvalue weighted by molar-refractivity contribution is 7.80. The van der Waals surface area contributed by atoms with Gasteiger partial charge in [0, 0.05) is 0 Å². The molecule has 0 aliphatic rings. The van der Waals surface area contributed by atoms with E-state index >= 15 is 0 Å². The van der Waals surface area contributed by atoms with Gasteiger partial charge in [0.1, 0.15) is 5.82 Å². The van der Waals surface area contributed by atoms with E-state index in [9.17, 15) is 13.6 Å². The Morgan fingerprint density at radius 3 is 2.33 bits per heavy atom. The Balaban J connectivity index is 1.83. The number of amides is 1. The first-order chi connectivity index (χ1) is 11.5. The summed E-state index contributed by atoms with van der Waals surface area (Å²) in [6, 6.07) is 11.7. The molecule has 0 fully saturated rings. The second-order valence-electron chi connectivity index (χ2n) is 4.74. The van der Waals surface area contributed by atoms with Crippen molar-refractivity contribution in [3.63, 3.8) is 0 Å². The first-order valence-electron chi connectivity index (χ1n) is 7.00. The molecular weight excluding hydrogens is 336 g/mol. The lowest BCUT2D eigenvalue weighted by molar-refractivity contribution is -0.127. The van der Waals surface area contributed by atoms with Crippen LogP contribution < -0.4 is 20.9 Å². The number of nitrogens with one attached hydrogen (secondary N) is 3. The van der Waals surface area contributed by atoms with E-state index in [0.29, 0.717) is 0 Å². The summed E-state index contributed by atoms with van der Waals surface area (Å²) in [5.74, 6) is -1.66. The maximum Gasteiger partial charge on any atom is 0.279 e. The Labute approximate surface area is 143 Å². The van der Waals surface area contributed by atoms with Crippen LogP contribution in [0.25, 0.3) is 0 Å². The average Bonchev–Trinajstić information content (AvgIpc) is 2.56. The van der Waals surface area contributed by atoms with Gasteiger partial charge < -0.3 is 10.1 Å². The predicted octanol–water partition coefficient (Wildman–Crippen LogP) is 2.75. The molecule has 0 saturated carbocycles. The fourth-order valence-corrected chi connectivity index (χ4v) is 1.88. The van der Waals surface area contributed by atoms with E-state index in [0.717, 1.165) is 0 Å². The second kappa shape index (κ2) is 8.21. The number of ether oxygens (including phenoxy) is 1. The van der Waals surface area contributed by atoms with Crippen molar-refractivity contribution in [3.05, 3.63) is 60.2 Å². The fraction of sp³-hybridized carbons (Fsp3) is 0.125. The number of thiocarbonyl (C=S) groups is 1. The lowest BCUT2D eigenvalue weighted by Crippen LogP contribution is -2.48. The highest BCUT2D eigenvalue weighted by Crippen LogP contribution is 2.17. The van der Waals surface area contributed by atoms with Crippen molar-refractivity contribution in [1.29, 1.82) is 0 Å². The maximum atomic E-state index is 13.5. The molecule has 126 valence electrons. The van der Waals surface area contributed by atoms with Gasteiger partial charge in [-0.1, -0.05) is 24.3 Å². The summed E-state index contributed by atoms with van der Waals surface area (Å²) in [6.07, 6.45) is -0.967. The van der Waals surface area contributed by atoms with Gasteiger partial charge in [0.25, 0.3) is 5.91 Å². The predicted molar refractivity (Wildman–Crippen MR) is 90.4 cm³/mol. The van der Waals surface area contributed by atoms with Gasteiger partial charge in [-0.25, -0.2) is 8.78 Å². The van der Waals surface area contributed by atoms with E-state index < -0.39 is 23.6 Å². The molecule has 0 bridgehead atoms. The van der Waals surface area contributed by atoms with Crippen LogP contribution in [-0.4, -0.2) is 17.1 Å². The first-order valence-corrected chi connectivity index (χ1v) is 7.41. The standard InChI is InChI=1S/C16H15F2N3O2S/c1-10(23-14-9-5-3-7-12(14)18)15(22)20-21-16(24)19-13-8-4-2-6-11(13)17/h2-10H,1H3,(H,20,22)(H2,19,21,24)/t10-/m0/s1. The number of anilines is 1. The lowest BCUT2D eigenvalue weighted by Gasteiger charge is -2.17. The Bertz CT molecular complexity index is 743. The molecule has 0 saturated heterocycles. The maximum absolute atomic E-state index is 13.5. The Morgan fingerprint density at radius 2 is 1.67 bits per heavy atom. The molecule has 5 nitrogen and oxygen atoms in total. The lowest BCUT2D eigenvalue weighted by atomic mass is 10.3. The topological polar surface area (TPSA) is 62.4 Å². The van der Waals surface area contributed by atoms with Gasteiger partial charge in [0.15, 0.2) is 22.8 Å². The summed E-state index contributed by atoms with van der Waals surface area (Å²) in [7, 11) is 0. The largest absolute Gasteiger partial charge is 0.478 e. The number of carbonyl (C=O) groups excluding carboxylic acids is 1. The molecule has 0 unspecified atom stereocenters. The molecule has 0 aliphatic heterocycles. The first kappa shape index (κ1) is 17.6. The summed E-state index contributed by atoms with van der Waals surface area (Å²) in [6.45, 7) is 1.46. The van der Waals surface area contributed by atoms with Crippen molar-refractivity contribution in [2.45, 2.75) is 13.0 Å². The van der Waals surface area contributed by atoms with Gasteiger partial charge in [-0.15, -0.1) is 0 Å². The van der Waals surface area contributed by atoms with Gasteiger partial charge in [-0.3, -0.25) is 15.6 Å². The molecule has 3 N–H and O–H groups in total. The van der Waals surface area contributed by atoms with Gasteiger partial charge in [-0.05, 0) is 43.4 Å². The molecule has 0 aromatic heterocycles. The summed E-state index contributed by atoms with van der Waals surface area (Å²) >= 11 is 4.95. The zero-order valence-corrected chi connectivity index (χ0v) is 13.5. The number of halogens is 2. The average molecular weight is 351 g/mol. The number of para-hydroxylation sites is 2. The number of hydrazine groups is 1. The summed E-state index contributed by atoms with van der Waals surface area (Å²) < 4.78 is 32.2. The molecule has 2 aromatic carbocycles. The van der Waals surface area contributed by atoms with Crippen molar-refractivity contribution in [1.82, 2.24) is 10.9 Å². The number of carbonyl (C=O) groups is 1. The zero-order chi connectivity index (χ0) is 17.5. The normalized spacial score (nSPS) is 11.3. The van der Waals surface area contributed by atoms with Crippen LogP contribution in [0.1, 0.15) is 6.92 Å². The Morgan fingerprint density at radius 1 is 1.04 bits per heavy atom. The molecule has 2 aromatic rings. The molecule has 0 radical (unpaired) electrons. The fourth-order valence-electron chi connectivity index (χ4n) is 1.72. The summed E-state index contributed by atoms with van der Waals surface area (Å²) in [4.78, 5) is 11.9. The van der Waals surface area contributed by atoms with Crippen LogP contribution in [0.15, 0.2) is 48.5 Å². The molecule has 1 atom stereocenters. The van der Waals surface area contributed by atoms with Gasteiger partial charge in [-0.2, -0.15) is 0 Å². The van der Waals surface area contributed by atoms with Crippen LogP contribution in [0.3, 0.4) is 0 Å². The smallest absolute Gasteiger partial charge is 0.279 e. The van der Waals surface area contributed by atoms with Crippen molar-refractivity contribution in [2.75, 3.05) is 5.32 Å². The summed E-state index contributed by atoms with van der Waals surface area (Å²) in [5, 5.41) is 2.59. The van der Waals surface area contributed by atoms with Crippen LogP contribution in [0.4, 0.5) is 14.5 Å². The van der Waals surface area contributed by atoms with Crippen LogP contribution in [0, 0.1) is 11.6 Å². The Hall–Kier alpha value is -2.74. The molecule has 0 heterocycles. The number of rotatable bonds is 4. The third-order valence-electron chi connectivity index (χ3n) is 2.93. The van der Waals surface area contributed by atoms with E-state index in [-0.39, 0.29) is 16.5 Å². The van der Waals surface area contributed by atoms with Crippen molar-refractivity contribution >= 4 is 28.9 Å². The molecule has 8 heteroatoms. The molecule has 24 heavy (non-hydrogen) atoms. The minimum Gasteiger partial charge on any atom is -0.478 e. The highest BCUT2D eigenvalue weighted by atomic mass is 32.1. The second-order valence-corrected chi connectivity index (χ2v) is 5.15. The third kappa shape index (κ3) is 4.88. The molecular formula is C16H15F2N3O2S. The van der Waals surface area contributed by atoms with Crippen LogP contribution in [-0.2, 0) is 4.79 Å². The van der Waals surface area contributed by atoms with E-state index in [1.165, 1.54) is 37.3 Å². The van der Waals surface area contributed by atoms with Crippen LogP contribution in [0.2, 0.25) is 0 Å². The van der Waals surface area contributed by atoms with E-state index in [4.69, 9.17) is 17.0 Å². The van der Waals surface area contributed by atoms with Gasteiger partial charge in [0.2, 0.25) is 0 Å². The van der Waals surface area contributed by atoms with E-state index in [2.05, 4.69) is 16.2 Å². The SMILES string of the molecule is C[C@H](Oc1ccccc1F)C(=O)NNC(=S)Nc1ccccc1F. The Kier molecular flexibility index (Phi) is 6.02. The van der Waals surface area contributed by atoms with E-state index in [1.807, 2.05) is 0 Å². The monoisotopic (exact) mass is 351 g/mol. The number of hydrogen-bond donors (Lipinski definition) is 3. The highest BCUT2D eigenvalue weighted by Gasteiger charge is 2.16. The van der Waals surface area contributed by atoms with Crippen LogP contribution >= 0.6 is 12.2 Å². The van der Waals surface area contributed by atoms with Gasteiger partial charge >= 0.3 is 0 Å². The molecule has 2 rings (SSSR count). The van der Waals surface area contributed by atoms with E-state index in [1.54, 1.807) is 18.2 Å². The van der Waals surface area contributed by atoms with Crippen molar-refractivity contribution < 1.29 is 18.3 Å². The number of hydrogen-bond acceptors (Lipinski definition) is 3. The molecule has 0 aliphatic carbocycles.